The number of hydrogen-bond donors (Lipinski definition) is 3. The highest BCUT2D eigenvalue weighted by molar-refractivity contribution is 6.03. The Hall–Kier alpha value is -7.96. The number of amides is 4. The Morgan fingerprint density at radius 2 is 1.66 bits per heavy atom. The number of aliphatic hydroxyl groups is 1. The number of likely N-dealkylation sites (tertiary alicyclic amines) is 2. The Kier molecular flexibility index (Phi) is 20.0. The normalized spacial score (nSPS) is 21.7. The van der Waals surface area contributed by atoms with Gasteiger partial charge in [-0.1, -0.05) is 44.9 Å². The summed E-state index contributed by atoms with van der Waals surface area (Å²) in [6.07, 6.45) is 11.7. The molecule has 5 aliphatic rings. The van der Waals surface area contributed by atoms with Gasteiger partial charge in [-0.25, -0.2) is 13.6 Å². The first-order valence-electron chi connectivity index (χ1n) is 31.3. The van der Waals surface area contributed by atoms with Crippen molar-refractivity contribution in [2.24, 2.45) is 5.41 Å². The van der Waals surface area contributed by atoms with Gasteiger partial charge < -0.3 is 54.1 Å². The van der Waals surface area contributed by atoms with E-state index in [9.17, 15) is 29.5 Å². The van der Waals surface area contributed by atoms with Crippen molar-refractivity contribution >= 4 is 57.0 Å². The van der Waals surface area contributed by atoms with Crippen LogP contribution in [0.4, 0.5) is 25.1 Å². The minimum Gasteiger partial charge on any atom is -0.468 e. The number of terminal acetylenes is 1. The van der Waals surface area contributed by atoms with Crippen LogP contribution in [0.25, 0.3) is 32.9 Å². The summed E-state index contributed by atoms with van der Waals surface area (Å²) >= 11 is 0. The highest BCUT2D eigenvalue weighted by atomic mass is 19.1. The fourth-order valence-electron chi connectivity index (χ4n) is 13.3. The van der Waals surface area contributed by atoms with Crippen molar-refractivity contribution in [3.05, 3.63) is 77.5 Å². The van der Waals surface area contributed by atoms with E-state index in [0.717, 1.165) is 62.9 Å². The lowest BCUT2D eigenvalue weighted by Crippen LogP contribution is -2.58. The van der Waals surface area contributed by atoms with Gasteiger partial charge in [-0.15, -0.1) is 6.42 Å². The van der Waals surface area contributed by atoms with Crippen molar-refractivity contribution in [1.29, 1.82) is 5.26 Å². The molecule has 5 aromatic rings. The van der Waals surface area contributed by atoms with E-state index in [1.165, 1.54) is 30.3 Å². The van der Waals surface area contributed by atoms with Gasteiger partial charge in [0.15, 0.2) is 12.6 Å². The lowest BCUT2D eigenvalue weighted by atomic mass is 9.85. The first-order chi connectivity index (χ1) is 43.0. The molecule has 480 valence electrons. The fourth-order valence-corrected chi connectivity index (χ4v) is 13.3. The van der Waals surface area contributed by atoms with Crippen LogP contribution in [0, 0.1) is 40.7 Å². The fraction of sp³-hybridized carbons (Fsp3) is 0.552. The highest BCUT2D eigenvalue weighted by Gasteiger charge is 2.47. The summed E-state index contributed by atoms with van der Waals surface area (Å²) in [5.41, 5.74) is 0.260. The number of nitriles is 1. The number of aromatic nitrogens is 3. The second kappa shape index (κ2) is 27.6. The summed E-state index contributed by atoms with van der Waals surface area (Å²) in [5, 5.41) is 27.4. The number of benzene rings is 3. The first-order valence-corrected chi connectivity index (χ1v) is 31.3. The maximum Gasteiger partial charge on any atom is 0.410 e. The first kappa shape index (κ1) is 65.0. The molecule has 0 radical (unpaired) electrons. The maximum absolute atomic E-state index is 17.7. The Bertz CT molecular complexity index is 3540. The van der Waals surface area contributed by atoms with Gasteiger partial charge in [-0.3, -0.25) is 29.2 Å². The molecule has 3 N–H and O–H groups in total. The maximum atomic E-state index is 17.7. The number of fused-ring (bicyclic) bond motifs is 4. The number of methoxy groups -OCH3 is 1. The molecule has 4 amide bonds. The number of nitrogens with zero attached hydrogens (tertiary/aromatic N) is 9. The molecular formula is C67H83F2N11O10. The highest BCUT2D eigenvalue weighted by Crippen LogP contribution is 2.41. The van der Waals surface area contributed by atoms with Crippen LogP contribution in [-0.2, 0) is 28.6 Å². The third-order valence-electron chi connectivity index (χ3n) is 17.7. The lowest BCUT2D eigenvalue weighted by Gasteiger charge is -2.42. The summed E-state index contributed by atoms with van der Waals surface area (Å²) in [7, 11) is 1.47. The van der Waals surface area contributed by atoms with Crippen LogP contribution in [0.3, 0.4) is 0 Å². The van der Waals surface area contributed by atoms with E-state index < -0.39 is 64.6 Å². The molecule has 23 heteroatoms. The number of piperazine rings is 1. The molecule has 5 saturated heterocycles. The number of halogens is 2. The molecule has 3 aromatic carbocycles. The molecular weight excluding hydrogens is 1160 g/mol. The zero-order valence-corrected chi connectivity index (χ0v) is 52.7. The SMILES string of the molecule is C#Cc1c(F)ccc2cc(OCOC)cc(-c3ncc4c(N5CC6CCC(C5)N6C(=O)OC(C)(C)C)nc(OC[C@@H]5CCCN5CCCOCCC(=O)N[C@H](C(=O)N5C[C@H](O)C[C@H]5C(=O)N[C@@H](C)c5ccc(N6CCC[C@H]6C#N)cc5)C(C)(C)C)nc4c3F)c12. The number of aliphatic hydroxyl groups excluding tert-OH is 1. The van der Waals surface area contributed by atoms with E-state index in [1.54, 1.807) is 12.1 Å². The van der Waals surface area contributed by atoms with Crippen LogP contribution in [-0.4, -0.2) is 180 Å². The molecule has 0 saturated carbocycles. The van der Waals surface area contributed by atoms with E-state index in [0.29, 0.717) is 55.0 Å². The average molecular weight is 1240 g/mol. The number of nitrogens with one attached hydrogen (secondary N) is 2. The predicted octanol–water partition coefficient (Wildman–Crippen LogP) is 8.18. The Labute approximate surface area is 524 Å². The standard InChI is InChI=1S/C67H83F2N11O10/c1-10-50-53(68)23-18-42-30-49(89-39-86-9)32-51(56(42)50)58-57(69)59-52(34-71-58)61(77-35-45-21-22-46(36-77)80(45)65(85)90-67(6,7)8)75-64(74-59)88-38-47-15-11-25-76(47)26-13-28-87-29-24-55(82)73-60(66(3,4)5)63(84)79-37-48(81)31-54(79)62(83)72-40(2)41-16-19-43(20-17-41)78-27-12-14-44(78)33-70/h1,16-20,23,30,32,34,40,44-48,54,60,81H,11-15,21-22,24-29,31,35-39H2,2-9H3,(H,72,83)(H,73,82)/t40-,44-,45?,46?,47-,48+,54-,60+/m0/s1. The summed E-state index contributed by atoms with van der Waals surface area (Å²) < 4.78 is 62.3. The van der Waals surface area contributed by atoms with Gasteiger partial charge in [0.25, 0.3) is 0 Å². The summed E-state index contributed by atoms with van der Waals surface area (Å²) in [4.78, 5) is 79.1. The van der Waals surface area contributed by atoms with Crippen LogP contribution in [0.5, 0.6) is 11.8 Å². The third kappa shape index (κ3) is 14.4. The summed E-state index contributed by atoms with van der Waals surface area (Å²) in [6, 6.07) is 13.1. The van der Waals surface area contributed by atoms with E-state index in [-0.39, 0.29) is 103 Å². The van der Waals surface area contributed by atoms with Gasteiger partial charge in [-0.2, -0.15) is 15.2 Å². The van der Waals surface area contributed by atoms with Crippen LogP contribution < -0.4 is 29.9 Å². The number of anilines is 2. The number of ether oxygens (including phenoxy) is 5. The molecule has 2 unspecified atom stereocenters. The number of hydrogen-bond acceptors (Lipinski definition) is 17. The molecule has 0 spiro atoms. The summed E-state index contributed by atoms with van der Waals surface area (Å²) in [6.45, 7) is 16.4. The number of carbonyl (C=O) groups is 4. The number of carbonyl (C=O) groups excluding carboxylic acids is 4. The molecule has 2 bridgehead atoms. The molecule has 5 aliphatic heterocycles. The second-order valence-electron chi connectivity index (χ2n) is 26.3. The molecule has 0 aliphatic carbocycles. The topological polar surface area (TPSA) is 237 Å². The van der Waals surface area contributed by atoms with E-state index >= 15 is 8.78 Å². The lowest BCUT2D eigenvalue weighted by molar-refractivity contribution is -0.144. The zero-order valence-electron chi connectivity index (χ0n) is 52.7. The van der Waals surface area contributed by atoms with Crippen LogP contribution in [0.15, 0.2) is 54.7 Å². The quantitative estimate of drug-likeness (QED) is 0.0357. The molecule has 90 heavy (non-hydrogen) atoms. The zero-order chi connectivity index (χ0) is 64.2. The van der Waals surface area contributed by atoms with Crippen molar-refractivity contribution in [3.8, 4) is 41.4 Å². The Balaban J connectivity index is 0.769. The van der Waals surface area contributed by atoms with Crippen LogP contribution >= 0.6 is 0 Å². The number of rotatable bonds is 21. The van der Waals surface area contributed by atoms with Crippen molar-refractivity contribution in [1.82, 2.24) is 40.3 Å². The van der Waals surface area contributed by atoms with Gasteiger partial charge >= 0.3 is 12.1 Å². The minimum atomic E-state index is -0.996. The smallest absolute Gasteiger partial charge is 0.410 e. The van der Waals surface area contributed by atoms with Gasteiger partial charge in [0.1, 0.15) is 58.9 Å². The van der Waals surface area contributed by atoms with Crippen LogP contribution in [0.2, 0.25) is 0 Å². The van der Waals surface area contributed by atoms with Crippen molar-refractivity contribution in [2.75, 3.05) is 82.8 Å². The molecule has 10 rings (SSSR count). The molecule has 21 nitrogen and oxygen atoms in total. The predicted molar refractivity (Wildman–Crippen MR) is 334 cm³/mol. The van der Waals surface area contributed by atoms with E-state index in [1.807, 2.05) is 82.5 Å². The number of β-amino-alcohol motifs (C(OH)–C–C–N with tert-alkyl or cyclic N) is 1. The molecule has 5 fully saturated rings. The van der Waals surface area contributed by atoms with Crippen molar-refractivity contribution in [2.45, 2.75) is 160 Å². The molecule has 7 heterocycles. The second-order valence-corrected chi connectivity index (χ2v) is 26.3. The monoisotopic (exact) mass is 1240 g/mol. The van der Waals surface area contributed by atoms with Crippen molar-refractivity contribution in [3.63, 3.8) is 0 Å². The van der Waals surface area contributed by atoms with Crippen LogP contribution in [0.1, 0.15) is 123 Å². The minimum absolute atomic E-state index is 0.0132. The summed E-state index contributed by atoms with van der Waals surface area (Å²) in [5.74, 6) is 0.421. The number of pyridine rings is 1. The molecule has 8 atom stereocenters. The van der Waals surface area contributed by atoms with Crippen molar-refractivity contribution < 1.29 is 56.7 Å². The van der Waals surface area contributed by atoms with Gasteiger partial charge in [-0.05, 0) is 126 Å². The Morgan fingerprint density at radius 3 is 2.36 bits per heavy atom. The Morgan fingerprint density at radius 1 is 0.911 bits per heavy atom. The van der Waals surface area contributed by atoms with E-state index in [4.69, 9.17) is 40.1 Å². The average Bonchev–Trinajstić information content (AvgIpc) is 0.864. The van der Waals surface area contributed by atoms with Gasteiger partial charge in [0.05, 0.1) is 47.9 Å². The van der Waals surface area contributed by atoms with E-state index in [2.05, 4.69) is 37.4 Å². The van der Waals surface area contributed by atoms with Gasteiger partial charge in [0.2, 0.25) is 17.7 Å². The van der Waals surface area contributed by atoms with Gasteiger partial charge in [0, 0.05) is 88.2 Å². The molecule has 2 aromatic heterocycles. The largest absolute Gasteiger partial charge is 0.468 e. The third-order valence-corrected chi connectivity index (χ3v) is 17.7.